The van der Waals surface area contributed by atoms with Gasteiger partial charge in [0, 0.05) is 62.8 Å². The minimum Gasteiger partial charge on any atom is -0.375 e. The number of aromatic nitrogens is 1. The summed E-state index contributed by atoms with van der Waals surface area (Å²) in [4.78, 5) is 39.1. The van der Waals surface area contributed by atoms with E-state index in [1.165, 1.54) is 0 Å². The number of fused-ring (bicyclic) bond motifs is 4. The molecular weight excluding hydrogens is 370 g/mol. The molecule has 7 heteroatoms. The maximum absolute atomic E-state index is 12.8. The molecule has 2 fully saturated rings. The molecule has 7 nitrogen and oxygen atoms in total. The van der Waals surface area contributed by atoms with Gasteiger partial charge in [0.1, 0.15) is 0 Å². The summed E-state index contributed by atoms with van der Waals surface area (Å²) in [7, 11) is 0. The maximum atomic E-state index is 12.8. The number of ether oxygens (including phenoxy) is 1. The summed E-state index contributed by atoms with van der Waals surface area (Å²) in [6.45, 7) is 6.70. The van der Waals surface area contributed by atoms with Crippen molar-refractivity contribution in [3.8, 4) is 0 Å². The van der Waals surface area contributed by atoms with Crippen LogP contribution in [0.15, 0.2) is 23.0 Å². The summed E-state index contributed by atoms with van der Waals surface area (Å²) in [5.74, 6) is 0.492. The van der Waals surface area contributed by atoms with E-state index in [4.69, 9.17) is 4.74 Å². The number of nitrogens with one attached hydrogen (secondary N) is 1. The molecule has 0 aromatic carbocycles. The molecule has 3 atom stereocenters. The number of piperidine rings is 1. The minimum atomic E-state index is -0.212. The molecule has 0 saturated carbocycles. The Morgan fingerprint density at radius 2 is 2.03 bits per heavy atom. The van der Waals surface area contributed by atoms with Crippen LogP contribution in [0.4, 0.5) is 0 Å². The van der Waals surface area contributed by atoms with Crippen molar-refractivity contribution in [2.24, 2.45) is 5.92 Å². The highest BCUT2D eigenvalue weighted by Gasteiger charge is 2.36. The molecule has 3 aliphatic heterocycles. The monoisotopic (exact) mass is 401 g/mol. The summed E-state index contributed by atoms with van der Waals surface area (Å²) in [5, 5.41) is 3.06. The van der Waals surface area contributed by atoms with Gasteiger partial charge < -0.3 is 19.5 Å². The van der Waals surface area contributed by atoms with E-state index < -0.39 is 0 Å². The SMILES string of the molecule is CC1(C)C[C@H](NC(=O)CCC(=O)N2C[C@@H]3C[C@H](C2)c2cccc(=O)n2C3)CCO1. The highest BCUT2D eigenvalue weighted by atomic mass is 16.5. The van der Waals surface area contributed by atoms with Crippen molar-refractivity contribution in [3.63, 3.8) is 0 Å². The third kappa shape index (κ3) is 4.55. The van der Waals surface area contributed by atoms with Gasteiger partial charge in [-0.2, -0.15) is 0 Å². The van der Waals surface area contributed by atoms with Crippen LogP contribution in [0.25, 0.3) is 0 Å². The Morgan fingerprint density at radius 1 is 1.21 bits per heavy atom. The van der Waals surface area contributed by atoms with Gasteiger partial charge in [0.25, 0.3) is 5.56 Å². The van der Waals surface area contributed by atoms with Gasteiger partial charge in [0.15, 0.2) is 0 Å². The smallest absolute Gasteiger partial charge is 0.250 e. The molecule has 3 aliphatic rings. The van der Waals surface area contributed by atoms with E-state index in [9.17, 15) is 14.4 Å². The van der Waals surface area contributed by atoms with Gasteiger partial charge in [-0.15, -0.1) is 0 Å². The fourth-order valence-corrected chi connectivity index (χ4v) is 5.13. The largest absolute Gasteiger partial charge is 0.375 e. The molecule has 4 heterocycles. The fourth-order valence-electron chi connectivity index (χ4n) is 5.13. The number of amides is 2. The first-order chi connectivity index (χ1) is 13.8. The van der Waals surface area contributed by atoms with E-state index in [2.05, 4.69) is 5.32 Å². The van der Waals surface area contributed by atoms with Crippen molar-refractivity contribution >= 4 is 11.8 Å². The zero-order chi connectivity index (χ0) is 20.6. The zero-order valence-electron chi connectivity index (χ0n) is 17.4. The quantitative estimate of drug-likeness (QED) is 0.832. The molecule has 1 N–H and O–H groups in total. The van der Waals surface area contributed by atoms with Crippen molar-refractivity contribution < 1.29 is 14.3 Å². The lowest BCUT2D eigenvalue weighted by Crippen LogP contribution is -2.49. The van der Waals surface area contributed by atoms with E-state index in [1.807, 2.05) is 29.4 Å². The molecule has 2 bridgehead atoms. The number of hydrogen-bond acceptors (Lipinski definition) is 4. The Bertz CT molecular complexity index is 847. The van der Waals surface area contributed by atoms with E-state index in [-0.39, 0.29) is 47.8 Å². The van der Waals surface area contributed by atoms with Crippen LogP contribution in [-0.4, -0.2) is 52.6 Å². The van der Waals surface area contributed by atoms with Crippen molar-refractivity contribution in [1.82, 2.24) is 14.8 Å². The van der Waals surface area contributed by atoms with Crippen LogP contribution < -0.4 is 10.9 Å². The van der Waals surface area contributed by atoms with Crippen molar-refractivity contribution in [1.29, 1.82) is 0 Å². The molecule has 0 radical (unpaired) electrons. The third-order valence-corrected chi connectivity index (χ3v) is 6.46. The van der Waals surface area contributed by atoms with Crippen molar-refractivity contribution in [2.45, 2.75) is 70.1 Å². The normalized spacial score (nSPS) is 27.8. The summed E-state index contributed by atoms with van der Waals surface area (Å²) in [6.07, 6.45) is 3.09. The number of carbonyl (C=O) groups is 2. The van der Waals surface area contributed by atoms with E-state index in [0.717, 1.165) is 25.0 Å². The number of nitrogens with zero attached hydrogens (tertiary/aromatic N) is 2. The van der Waals surface area contributed by atoms with E-state index in [1.54, 1.807) is 12.1 Å². The standard InChI is InChI=1S/C22H31N3O4/c1-22(2)11-17(8-9-29-22)23-19(26)6-7-20(27)24-12-15-10-16(14-24)18-4-3-5-21(28)25(18)13-15/h3-5,15-17H,6-14H2,1-2H3,(H,23,26)/t15-,16+,17+/m0/s1. The molecule has 158 valence electrons. The second kappa shape index (κ2) is 7.94. The van der Waals surface area contributed by atoms with Crippen molar-refractivity contribution in [2.75, 3.05) is 19.7 Å². The first-order valence-corrected chi connectivity index (χ1v) is 10.7. The molecule has 2 saturated heterocycles. The molecule has 0 spiro atoms. The van der Waals surface area contributed by atoms with Crippen LogP contribution in [-0.2, 0) is 20.9 Å². The molecule has 1 aromatic heterocycles. The zero-order valence-corrected chi connectivity index (χ0v) is 17.4. The fraction of sp³-hybridized carbons (Fsp3) is 0.682. The first-order valence-electron chi connectivity index (χ1n) is 10.7. The number of carbonyl (C=O) groups excluding carboxylic acids is 2. The average molecular weight is 402 g/mol. The van der Waals surface area contributed by atoms with Crippen molar-refractivity contribution in [3.05, 3.63) is 34.2 Å². The summed E-state index contributed by atoms with van der Waals surface area (Å²) in [5.41, 5.74) is 0.867. The maximum Gasteiger partial charge on any atom is 0.250 e. The predicted octanol–water partition coefficient (Wildman–Crippen LogP) is 1.65. The average Bonchev–Trinajstić information content (AvgIpc) is 2.66. The van der Waals surface area contributed by atoms with Crippen LogP contribution in [0.2, 0.25) is 0 Å². The number of rotatable bonds is 4. The first kappa shape index (κ1) is 20.1. The van der Waals surface area contributed by atoms with Gasteiger partial charge in [-0.25, -0.2) is 0 Å². The second-order valence-electron chi connectivity index (χ2n) is 9.36. The Balaban J connectivity index is 1.30. The van der Waals surface area contributed by atoms with Gasteiger partial charge >= 0.3 is 0 Å². The lowest BCUT2D eigenvalue weighted by atomic mass is 9.83. The molecule has 2 amide bonds. The topological polar surface area (TPSA) is 80.6 Å². The Kier molecular flexibility index (Phi) is 5.51. The molecule has 1 aromatic rings. The van der Waals surface area contributed by atoms with Crippen LogP contribution in [0.3, 0.4) is 0 Å². The van der Waals surface area contributed by atoms with Crippen LogP contribution in [0.1, 0.15) is 57.6 Å². The van der Waals surface area contributed by atoms with Crippen LogP contribution in [0, 0.1) is 5.92 Å². The highest BCUT2D eigenvalue weighted by molar-refractivity contribution is 5.84. The third-order valence-electron chi connectivity index (χ3n) is 6.46. The lowest BCUT2D eigenvalue weighted by Gasteiger charge is -2.42. The van der Waals surface area contributed by atoms with Gasteiger partial charge in [-0.3, -0.25) is 14.4 Å². The molecule has 0 unspecified atom stereocenters. The summed E-state index contributed by atoms with van der Waals surface area (Å²) in [6, 6.07) is 5.52. The molecule has 29 heavy (non-hydrogen) atoms. The van der Waals surface area contributed by atoms with Gasteiger partial charge in [-0.05, 0) is 45.1 Å². The predicted molar refractivity (Wildman–Crippen MR) is 109 cm³/mol. The Labute approximate surface area is 171 Å². The van der Waals surface area contributed by atoms with Crippen LogP contribution in [0.5, 0.6) is 0 Å². The summed E-state index contributed by atoms with van der Waals surface area (Å²) < 4.78 is 7.55. The number of pyridine rings is 1. The van der Waals surface area contributed by atoms with E-state index >= 15 is 0 Å². The number of hydrogen-bond donors (Lipinski definition) is 1. The molecule has 4 rings (SSSR count). The number of likely N-dealkylation sites (tertiary alicyclic amines) is 1. The minimum absolute atomic E-state index is 0.0360. The second-order valence-corrected chi connectivity index (χ2v) is 9.36. The lowest BCUT2D eigenvalue weighted by molar-refractivity contribution is -0.136. The van der Waals surface area contributed by atoms with E-state index in [0.29, 0.717) is 32.2 Å². The molecule has 0 aliphatic carbocycles. The van der Waals surface area contributed by atoms with Gasteiger partial charge in [0.2, 0.25) is 11.8 Å². The van der Waals surface area contributed by atoms with Gasteiger partial charge in [-0.1, -0.05) is 6.07 Å². The van der Waals surface area contributed by atoms with Gasteiger partial charge in [0.05, 0.1) is 5.60 Å². The highest BCUT2D eigenvalue weighted by Crippen LogP contribution is 2.35. The Morgan fingerprint density at radius 3 is 2.83 bits per heavy atom. The summed E-state index contributed by atoms with van der Waals surface area (Å²) >= 11 is 0. The van der Waals surface area contributed by atoms with Crippen LogP contribution >= 0.6 is 0 Å². The Hall–Kier alpha value is -2.15. The molecular formula is C22H31N3O4.